The SMILES string of the molecule is CC.CC1CC[C@H](O)[C@H](O)C1. The van der Waals surface area contributed by atoms with E-state index in [1.807, 2.05) is 13.8 Å². The lowest BCUT2D eigenvalue weighted by atomic mass is 9.87. The monoisotopic (exact) mass is 160 g/mol. The van der Waals surface area contributed by atoms with E-state index in [0.717, 1.165) is 19.3 Å². The third-order valence-corrected chi connectivity index (χ3v) is 2.04. The Morgan fingerprint density at radius 2 is 1.55 bits per heavy atom. The van der Waals surface area contributed by atoms with Crippen molar-refractivity contribution in [3.05, 3.63) is 0 Å². The van der Waals surface area contributed by atoms with Crippen LogP contribution >= 0.6 is 0 Å². The van der Waals surface area contributed by atoms with Crippen LogP contribution in [0, 0.1) is 5.92 Å². The molecule has 0 amide bonds. The van der Waals surface area contributed by atoms with Crippen molar-refractivity contribution in [1.29, 1.82) is 0 Å². The maximum Gasteiger partial charge on any atom is 0.0801 e. The zero-order valence-corrected chi connectivity index (χ0v) is 7.75. The van der Waals surface area contributed by atoms with E-state index in [1.165, 1.54) is 0 Å². The number of rotatable bonds is 0. The summed E-state index contributed by atoms with van der Waals surface area (Å²) in [5, 5.41) is 18.1. The van der Waals surface area contributed by atoms with Crippen LogP contribution in [0.3, 0.4) is 0 Å². The first-order chi connectivity index (χ1) is 5.20. The third-order valence-electron chi connectivity index (χ3n) is 2.04. The number of hydrogen-bond acceptors (Lipinski definition) is 2. The molecule has 1 saturated carbocycles. The first kappa shape index (κ1) is 10.9. The molecule has 0 spiro atoms. The fourth-order valence-corrected chi connectivity index (χ4v) is 1.33. The van der Waals surface area contributed by atoms with Gasteiger partial charge in [-0.3, -0.25) is 0 Å². The Kier molecular flexibility index (Phi) is 5.51. The molecule has 0 aromatic heterocycles. The number of hydrogen-bond donors (Lipinski definition) is 2. The van der Waals surface area contributed by atoms with E-state index in [1.54, 1.807) is 0 Å². The van der Waals surface area contributed by atoms with Crippen LogP contribution in [-0.4, -0.2) is 22.4 Å². The molecular formula is C9H20O2. The molecule has 0 bridgehead atoms. The van der Waals surface area contributed by atoms with Gasteiger partial charge in [-0.15, -0.1) is 0 Å². The quantitative estimate of drug-likeness (QED) is 0.564. The van der Waals surface area contributed by atoms with Crippen LogP contribution in [0.15, 0.2) is 0 Å². The van der Waals surface area contributed by atoms with E-state index in [0.29, 0.717) is 5.92 Å². The fraction of sp³-hybridized carbons (Fsp3) is 1.00. The molecule has 1 fully saturated rings. The van der Waals surface area contributed by atoms with Gasteiger partial charge < -0.3 is 10.2 Å². The number of aliphatic hydroxyl groups is 2. The van der Waals surface area contributed by atoms with E-state index in [2.05, 4.69) is 6.92 Å². The first-order valence-corrected chi connectivity index (χ1v) is 4.56. The van der Waals surface area contributed by atoms with Crippen LogP contribution in [0.4, 0.5) is 0 Å². The number of aliphatic hydroxyl groups excluding tert-OH is 2. The Labute approximate surface area is 69.2 Å². The van der Waals surface area contributed by atoms with Gasteiger partial charge in [0.2, 0.25) is 0 Å². The summed E-state index contributed by atoms with van der Waals surface area (Å²) in [5.74, 6) is 0.586. The Morgan fingerprint density at radius 3 is 1.91 bits per heavy atom. The van der Waals surface area contributed by atoms with Crippen molar-refractivity contribution in [2.75, 3.05) is 0 Å². The highest BCUT2D eigenvalue weighted by molar-refractivity contribution is 4.76. The van der Waals surface area contributed by atoms with E-state index >= 15 is 0 Å². The summed E-state index contributed by atoms with van der Waals surface area (Å²) in [6.07, 6.45) is 1.66. The van der Waals surface area contributed by atoms with E-state index < -0.39 is 12.2 Å². The first-order valence-electron chi connectivity index (χ1n) is 4.56. The molecule has 0 aliphatic heterocycles. The normalized spacial score (nSPS) is 37.4. The van der Waals surface area contributed by atoms with Crippen molar-refractivity contribution in [3.63, 3.8) is 0 Å². The lowest BCUT2D eigenvalue weighted by molar-refractivity contribution is -0.0226. The molecule has 2 N–H and O–H groups in total. The summed E-state index contributed by atoms with van der Waals surface area (Å²) in [4.78, 5) is 0. The average molecular weight is 160 g/mol. The molecule has 3 atom stereocenters. The van der Waals surface area contributed by atoms with Gasteiger partial charge in [0.25, 0.3) is 0 Å². The van der Waals surface area contributed by atoms with Crippen LogP contribution < -0.4 is 0 Å². The highest BCUT2D eigenvalue weighted by Gasteiger charge is 2.24. The van der Waals surface area contributed by atoms with Gasteiger partial charge in [-0.25, -0.2) is 0 Å². The molecule has 68 valence electrons. The highest BCUT2D eigenvalue weighted by atomic mass is 16.3. The maximum atomic E-state index is 9.10. The van der Waals surface area contributed by atoms with Crippen LogP contribution in [-0.2, 0) is 0 Å². The predicted molar refractivity (Wildman–Crippen MR) is 46.4 cm³/mol. The van der Waals surface area contributed by atoms with Crippen LogP contribution in [0.5, 0.6) is 0 Å². The molecule has 11 heavy (non-hydrogen) atoms. The summed E-state index contributed by atoms with van der Waals surface area (Å²) in [7, 11) is 0. The van der Waals surface area contributed by atoms with E-state index in [9.17, 15) is 0 Å². The molecule has 1 rings (SSSR count). The lowest BCUT2D eigenvalue weighted by Gasteiger charge is -2.27. The van der Waals surface area contributed by atoms with Gasteiger partial charge in [-0.1, -0.05) is 20.8 Å². The van der Waals surface area contributed by atoms with E-state index in [4.69, 9.17) is 10.2 Å². The second-order valence-corrected chi connectivity index (χ2v) is 3.05. The summed E-state index contributed by atoms with van der Waals surface area (Å²) in [6, 6.07) is 0. The largest absolute Gasteiger partial charge is 0.390 e. The molecular weight excluding hydrogens is 140 g/mol. The molecule has 0 heterocycles. The molecule has 1 aliphatic rings. The van der Waals surface area contributed by atoms with Crippen molar-refractivity contribution in [3.8, 4) is 0 Å². The second-order valence-electron chi connectivity index (χ2n) is 3.05. The zero-order chi connectivity index (χ0) is 8.85. The van der Waals surface area contributed by atoms with Gasteiger partial charge in [-0.05, 0) is 25.2 Å². The van der Waals surface area contributed by atoms with E-state index in [-0.39, 0.29) is 0 Å². The van der Waals surface area contributed by atoms with Gasteiger partial charge in [0, 0.05) is 0 Å². The molecule has 0 radical (unpaired) electrons. The van der Waals surface area contributed by atoms with Crippen molar-refractivity contribution >= 4 is 0 Å². The molecule has 2 nitrogen and oxygen atoms in total. The molecule has 0 aromatic carbocycles. The summed E-state index contributed by atoms with van der Waals surface area (Å²) >= 11 is 0. The highest BCUT2D eigenvalue weighted by Crippen LogP contribution is 2.23. The Morgan fingerprint density at radius 1 is 1.00 bits per heavy atom. The molecule has 1 unspecified atom stereocenters. The van der Waals surface area contributed by atoms with Crippen molar-refractivity contribution in [2.24, 2.45) is 5.92 Å². The van der Waals surface area contributed by atoms with Crippen LogP contribution in [0.25, 0.3) is 0 Å². The fourth-order valence-electron chi connectivity index (χ4n) is 1.33. The van der Waals surface area contributed by atoms with Gasteiger partial charge in [0.15, 0.2) is 0 Å². The minimum atomic E-state index is -0.464. The molecule has 1 aliphatic carbocycles. The van der Waals surface area contributed by atoms with Crippen LogP contribution in [0.2, 0.25) is 0 Å². The Hall–Kier alpha value is -0.0800. The van der Waals surface area contributed by atoms with Gasteiger partial charge in [0.05, 0.1) is 12.2 Å². The van der Waals surface area contributed by atoms with Crippen molar-refractivity contribution in [1.82, 2.24) is 0 Å². The smallest absolute Gasteiger partial charge is 0.0801 e. The minimum Gasteiger partial charge on any atom is -0.390 e. The maximum absolute atomic E-state index is 9.10. The lowest BCUT2D eigenvalue weighted by Crippen LogP contribution is -2.32. The summed E-state index contributed by atoms with van der Waals surface area (Å²) in [5.41, 5.74) is 0. The minimum absolute atomic E-state index is 0.457. The second kappa shape index (κ2) is 5.56. The van der Waals surface area contributed by atoms with Gasteiger partial charge in [-0.2, -0.15) is 0 Å². The molecule has 0 saturated heterocycles. The third kappa shape index (κ3) is 3.73. The Balaban J connectivity index is 0.000000461. The topological polar surface area (TPSA) is 40.5 Å². The zero-order valence-electron chi connectivity index (χ0n) is 7.75. The predicted octanol–water partition coefficient (Wildman–Crippen LogP) is 1.55. The molecule has 2 heteroatoms. The van der Waals surface area contributed by atoms with Crippen LogP contribution in [0.1, 0.15) is 40.0 Å². The van der Waals surface area contributed by atoms with Gasteiger partial charge >= 0.3 is 0 Å². The summed E-state index contributed by atoms with van der Waals surface area (Å²) in [6.45, 7) is 6.11. The van der Waals surface area contributed by atoms with Crippen molar-refractivity contribution in [2.45, 2.75) is 52.2 Å². The molecule has 0 aromatic rings. The Bertz CT molecular complexity index is 93.6. The average Bonchev–Trinajstić information content (AvgIpc) is 2.02. The summed E-state index contributed by atoms with van der Waals surface area (Å²) < 4.78 is 0. The van der Waals surface area contributed by atoms with Crippen molar-refractivity contribution < 1.29 is 10.2 Å². The standard InChI is InChI=1S/C7H14O2.C2H6/c1-5-2-3-6(8)7(9)4-5;1-2/h5-9H,2-4H2,1H3;1-2H3/t5?,6-,7+;/m0./s1. The van der Waals surface area contributed by atoms with Gasteiger partial charge in [0.1, 0.15) is 0 Å².